The highest BCUT2D eigenvalue weighted by atomic mass is 16.6. The van der Waals surface area contributed by atoms with Gasteiger partial charge in [-0.2, -0.15) is 5.10 Å². The van der Waals surface area contributed by atoms with Crippen LogP contribution in [0.5, 0.6) is 0 Å². The summed E-state index contributed by atoms with van der Waals surface area (Å²) in [6.07, 6.45) is 7.64. The summed E-state index contributed by atoms with van der Waals surface area (Å²) in [6, 6.07) is 9.93. The van der Waals surface area contributed by atoms with E-state index in [2.05, 4.69) is 21.1 Å². The Labute approximate surface area is 225 Å². The highest BCUT2D eigenvalue weighted by Crippen LogP contribution is 2.32. The average molecular weight is 526 g/mol. The normalized spacial score (nSPS) is 15.9. The van der Waals surface area contributed by atoms with Gasteiger partial charge in [-0.3, -0.25) is 23.8 Å². The predicted octanol–water partition coefficient (Wildman–Crippen LogP) is 4.53. The van der Waals surface area contributed by atoms with Crippen LogP contribution in [0.3, 0.4) is 0 Å². The van der Waals surface area contributed by atoms with Crippen molar-refractivity contribution < 1.29 is 9.53 Å². The molecule has 0 radical (unpaired) electrons. The minimum atomic E-state index is -0.575. The van der Waals surface area contributed by atoms with Gasteiger partial charge in [0.2, 0.25) is 0 Å². The van der Waals surface area contributed by atoms with Crippen molar-refractivity contribution in [3.8, 4) is 22.4 Å². The van der Waals surface area contributed by atoms with Crippen LogP contribution >= 0.6 is 0 Å². The predicted molar refractivity (Wildman–Crippen MR) is 149 cm³/mol. The Morgan fingerprint density at radius 1 is 1.00 bits per heavy atom. The monoisotopic (exact) mass is 525 g/mol. The Bertz CT molecular complexity index is 1770. The molecule has 39 heavy (non-hydrogen) atoms. The Morgan fingerprint density at radius 2 is 1.79 bits per heavy atom. The number of fused-ring (bicyclic) bond motifs is 3. The molecule has 0 bridgehead atoms. The van der Waals surface area contributed by atoms with Crippen molar-refractivity contribution in [1.29, 1.82) is 0 Å². The van der Waals surface area contributed by atoms with Crippen molar-refractivity contribution in [2.24, 2.45) is 14.1 Å². The second kappa shape index (κ2) is 9.07. The molecule has 1 saturated heterocycles. The van der Waals surface area contributed by atoms with Crippen LogP contribution in [-0.2, 0) is 18.8 Å². The first-order valence-electron chi connectivity index (χ1n) is 13.0. The quantitative estimate of drug-likeness (QED) is 0.343. The molecule has 10 nitrogen and oxygen atoms in total. The van der Waals surface area contributed by atoms with Gasteiger partial charge in [0.25, 0.3) is 0 Å². The largest absolute Gasteiger partial charge is 0.444 e. The number of nitrogens with zero attached hydrogens (tertiary/aromatic N) is 7. The zero-order valence-electron chi connectivity index (χ0n) is 22.8. The lowest BCUT2D eigenvalue weighted by atomic mass is 10.0. The van der Waals surface area contributed by atoms with Crippen LogP contribution in [0.2, 0.25) is 0 Å². The van der Waals surface area contributed by atoms with Crippen LogP contribution in [-0.4, -0.2) is 58.6 Å². The van der Waals surface area contributed by atoms with E-state index in [4.69, 9.17) is 4.74 Å². The lowest BCUT2D eigenvalue weighted by molar-refractivity contribution is 0.0289. The summed E-state index contributed by atoms with van der Waals surface area (Å²) in [7, 11) is 3.64. The number of hydrogen-bond donors (Lipinski definition) is 0. The van der Waals surface area contributed by atoms with E-state index in [9.17, 15) is 9.59 Å². The molecule has 0 N–H and O–H groups in total. The zero-order chi connectivity index (χ0) is 27.5. The molecule has 1 fully saturated rings. The number of carbonyl (C=O) groups is 1. The summed E-state index contributed by atoms with van der Waals surface area (Å²) in [5, 5.41) is 5.11. The molecule has 1 aliphatic heterocycles. The number of carbonyl (C=O) groups excluding carboxylic acids is 1. The molecule has 6 rings (SSSR count). The van der Waals surface area contributed by atoms with Crippen molar-refractivity contribution in [2.75, 3.05) is 13.1 Å². The summed E-state index contributed by atoms with van der Waals surface area (Å²) in [6.45, 7) is 6.51. The Balaban J connectivity index is 1.40. The first kappa shape index (κ1) is 24.8. The summed E-state index contributed by atoms with van der Waals surface area (Å²) in [5.74, 6) is 0. The van der Waals surface area contributed by atoms with Crippen LogP contribution in [0.15, 0.2) is 59.9 Å². The fourth-order valence-electron chi connectivity index (χ4n) is 5.28. The van der Waals surface area contributed by atoms with Gasteiger partial charge in [-0.05, 0) is 51.0 Å². The second-order valence-corrected chi connectivity index (χ2v) is 11.1. The molecule has 1 aliphatic rings. The van der Waals surface area contributed by atoms with Gasteiger partial charge in [-0.1, -0.05) is 12.1 Å². The van der Waals surface area contributed by atoms with Crippen LogP contribution in [0.4, 0.5) is 4.79 Å². The van der Waals surface area contributed by atoms with Gasteiger partial charge in [-0.15, -0.1) is 0 Å². The summed E-state index contributed by atoms with van der Waals surface area (Å²) in [5.41, 5.74) is 5.43. The lowest BCUT2D eigenvalue weighted by Gasteiger charge is -2.24. The third kappa shape index (κ3) is 4.45. The number of likely N-dealkylation sites (tertiary alicyclic amines) is 1. The van der Waals surface area contributed by atoms with Crippen LogP contribution in [0, 0.1) is 0 Å². The standard InChI is InChI=1S/C29H31N7O3/c1-29(2,3)39-28(38)35-11-10-21(17-35)36-26-22-12-18(6-9-24(22)31-15-25(26)34(5)27(36)37)19-7-8-23(30-13-19)20-14-32-33(4)16-20/h6-9,12-16,21H,10-11,17H2,1-5H3/t21-/m0/s1. The van der Waals surface area contributed by atoms with E-state index >= 15 is 0 Å². The molecule has 0 saturated carbocycles. The number of rotatable bonds is 3. The van der Waals surface area contributed by atoms with Crippen molar-refractivity contribution >= 4 is 28.0 Å². The van der Waals surface area contributed by atoms with Crippen LogP contribution < -0.4 is 5.69 Å². The van der Waals surface area contributed by atoms with Gasteiger partial charge in [0.05, 0.1) is 40.7 Å². The number of ether oxygens (including phenoxy) is 1. The van der Waals surface area contributed by atoms with Gasteiger partial charge in [0.15, 0.2) is 0 Å². The molecule has 4 aromatic heterocycles. The maximum atomic E-state index is 13.5. The van der Waals surface area contributed by atoms with E-state index in [0.29, 0.717) is 19.5 Å². The van der Waals surface area contributed by atoms with E-state index in [1.54, 1.807) is 33.6 Å². The SMILES string of the molecule is Cn1cc(-c2ccc(-c3ccc4ncc5c(c4c3)n([C@H]3CCN(C(=O)OC(C)(C)C)C3)c(=O)n5C)cn2)cn1. The van der Waals surface area contributed by atoms with E-state index in [-0.39, 0.29) is 17.8 Å². The number of aromatic nitrogens is 6. The van der Waals surface area contributed by atoms with Gasteiger partial charge in [-0.25, -0.2) is 9.59 Å². The first-order chi connectivity index (χ1) is 18.6. The molecule has 1 aromatic carbocycles. The Kier molecular flexibility index (Phi) is 5.78. The number of hydrogen-bond acceptors (Lipinski definition) is 6. The minimum absolute atomic E-state index is 0.122. The second-order valence-electron chi connectivity index (χ2n) is 11.1. The fraction of sp³-hybridized carbons (Fsp3) is 0.345. The van der Waals surface area contributed by atoms with Crippen molar-refractivity contribution in [3.05, 3.63) is 65.6 Å². The molecular weight excluding hydrogens is 494 g/mol. The van der Waals surface area contributed by atoms with E-state index in [0.717, 1.165) is 44.3 Å². The first-order valence-corrected chi connectivity index (χ1v) is 13.0. The maximum Gasteiger partial charge on any atom is 0.410 e. The minimum Gasteiger partial charge on any atom is -0.444 e. The molecule has 0 aliphatic carbocycles. The van der Waals surface area contributed by atoms with E-state index in [1.807, 2.05) is 69.0 Å². The molecule has 1 atom stereocenters. The molecule has 5 aromatic rings. The van der Waals surface area contributed by atoms with Crippen molar-refractivity contribution in [3.63, 3.8) is 0 Å². The zero-order valence-corrected chi connectivity index (χ0v) is 22.8. The fourth-order valence-corrected chi connectivity index (χ4v) is 5.28. The van der Waals surface area contributed by atoms with Crippen LogP contribution in [0.25, 0.3) is 44.3 Å². The molecular formula is C29H31N7O3. The van der Waals surface area contributed by atoms with Gasteiger partial charge in [0, 0.05) is 56.1 Å². The highest BCUT2D eigenvalue weighted by Gasteiger charge is 2.33. The highest BCUT2D eigenvalue weighted by molar-refractivity contribution is 6.04. The van der Waals surface area contributed by atoms with E-state index in [1.165, 1.54) is 0 Å². The van der Waals surface area contributed by atoms with Crippen molar-refractivity contribution in [1.82, 2.24) is 33.8 Å². The summed E-state index contributed by atoms with van der Waals surface area (Å²) >= 11 is 0. The maximum absolute atomic E-state index is 13.5. The van der Waals surface area contributed by atoms with E-state index < -0.39 is 5.60 Å². The molecule has 1 amide bonds. The van der Waals surface area contributed by atoms with Gasteiger partial charge >= 0.3 is 11.8 Å². The topological polar surface area (TPSA) is 100 Å². The number of benzene rings is 1. The molecule has 200 valence electrons. The van der Waals surface area contributed by atoms with Crippen molar-refractivity contribution in [2.45, 2.75) is 38.8 Å². The Morgan fingerprint density at radius 3 is 2.49 bits per heavy atom. The number of imidazole rings is 1. The molecule has 5 heterocycles. The molecule has 0 unspecified atom stereocenters. The van der Waals surface area contributed by atoms with Gasteiger partial charge in [0.1, 0.15) is 5.60 Å². The third-order valence-corrected chi connectivity index (χ3v) is 7.19. The van der Waals surface area contributed by atoms with Crippen LogP contribution in [0.1, 0.15) is 33.2 Å². The van der Waals surface area contributed by atoms with Gasteiger partial charge < -0.3 is 9.64 Å². The molecule has 10 heteroatoms. The summed E-state index contributed by atoms with van der Waals surface area (Å²) < 4.78 is 10.8. The lowest BCUT2D eigenvalue weighted by Crippen LogP contribution is -2.36. The number of amides is 1. The summed E-state index contributed by atoms with van der Waals surface area (Å²) in [4.78, 5) is 37.2. The number of pyridine rings is 2. The smallest absolute Gasteiger partial charge is 0.410 e. The molecule has 0 spiro atoms. The Hall–Kier alpha value is -4.47. The number of aryl methyl sites for hydroxylation is 2. The average Bonchev–Trinajstić information content (AvgIpc) is 3.62. The third-order valence-electron chi connectivity index (χ3n) is 7.19.